The molecular formula is C28H28ClN3O4. The predicted molar refractivity (Wildman–Crippen MR) is 142 cm³/mol. The first kappa shape index (κ1) is 25.4. The van der Waals surface area contributed by atoms with Gasteiger partial charge in [-0.3, -0.25) is 19.6 Å². The minimum Gasteiger partial charge on any atom is -0.496 e. The summed E-state index contributed by atoms with van der Waals surface area (Å²) in [5.41, 5.74) is 9.06. The maximum Gasteiger partial charge on any atom is 0.252 e. The molecule has 2 N–H and O–H groups in total. The maximum atomic E-state index is 12.7. The molecule has 3 aromatic rings. The van der Waals surface area contributed by atoms with E-state index in [4.69, 9.17) is 26.8 Å². The van der Waals surface area contributed by atoms with Gasteiger partial charge in [-0.1, -0.05) is 38.4 Å². The third kappa shape index (κ3) is 5.57. The number of amides is 1. The number of primary amides is 1. The minimum atomic E-state index is -0.616. The maximum absolute atomic E-state index is 12.7. The first-order valence-electron chi connectivity index (χ1n) is 11.5. The van der Waals surface area contributed by atoms with Gasteiger partial charge in [0.25, 0.3) is 5.91 Å². The average molecular weight is 506 g/mol. The molecule has 0 spiro atoms. The van der Waals surface area contributed by atoms with Crippen LogP contribution in [0.25, 0.3) is 10.9 Å². The highest BCUT2D eigenvalue weighted by molar-refractivity contribution is 6.31. The highest BCUT2D eigenvalue weighted by atomic mass is 35.5. The van der Waals surface area contributed by atoms with E-state index in [2.05, 4.69) is 30.7 Å². The van der Waals surface area contributed by atoms with Crippen molar-refractivity contribution in [2.45, 2.75) is 33.6 Å². The number of Topliss-reactive ketones (excluding diaryl/α,β-unsaturated/α-hetero) is 1. The average Bonchev–Trinajstić information content (AvgIpc) is 3.29. The van der Waals surface area contributed by atoms with Crippen molar-refractivity contribution in [3.05, 3.63) is 70.4 Å². The van der Waals surface area contributed by atoms with Crippen LogP contribution in [-0.4, -0.2) is 36.0 Å². The van der Waals surface area contributed by atoms with Crippen LogP contribution in [0, 0.1) is 5.41 Å². The fraction of sp³-hybridized carbons (Fsp3) is 0.286. The summed E-state index contributed by atoms with van der Waals surface area (Å²) in [5, 5.41) is 1.04. The number of fused-ring (bicyclic) bond motifs is 1. The first-order valence-corrected chi connectivity index (χ1v) is 11.9. The largest absolute Gasteiger partial charge is 0.496 e. The summed E-state index contributed by atoms with van der Waals surface area (Å²) in [4.78, 5) is 33.4. The number of carbonyl (C=O) groups excluding carboxylic acids is 2. The number of carbonyl (C=O) groups is 2. The molecule has 7 nitrogen and oxygen atoms in total. The monoisotopic (exact) mass is 505 g/mol. The molecule has 0 saturated heterocycles. The lowest BCUT2D eigenvalue weighted by atomic mass is 9.89. The number of rotatable bonds is 8. The minimum absolute atomic E-state index is 0.0302. The van der Waals surface area contributed by atoms with Gasteiger partial charge in [0.15, 0.2) is 0 Å². The van der Waals surface area contributed by atoms with Gasteiger partial charge in [-0.15, -0.1) is 0 Å². The zero-order chi connectivity index (χ0) is 26.0. The van der Waals surface area contributed by atoms with Crippen molar-refractivity contribution in [1.82, 2.24) is 4.98 Å². The molecule has 0 unspecified atom stereocenters. The van der Waals surface area contributed by atoms with Crippen LogP contribution in [0.4, 0.5) is 0 Å². The number of hydrogen-bond acceptors (Lipinski definition) is 6. The molecule has 0 atom stereocenters. The molecule has 186 valence electrons. The second-order valence-electron chi connectivity index (χ2n) is 9.74. The number of aliphatic imine (C=N–C) groups is 1. The normalized spacial score (nSPS) is 13.4. The summed E-state index contributed by atoms with van der Waals surface area (Å²) >= 11 is 6.50. The van der Waals surface area contributed by atoms with E-state index in [-0.39, 0.29) is 23.2 Å². The highest BCUT2D eigenvalue weighted by Crippen LogP contribution is 2.34. The molecular weight excluding hydrogens is 478 g/mol. The fourth-order valence-electron chi connectivity index (χ4n) is 4.02. The van der Waals surface area contributed by atoms with Gasteiger partial charge in [0, 0.05) is 46.6 Å². The van der Waals surface area contributed by atoms with Crippen LogP contribution in [0.1, 0.15) is 43.1 Å². The lowest BCUT2D eigenvalue weighted by molar-refractivity contribution is -0.117. The van der Waals surface area contributed by atoms with Crippen molar-refractivity contribution >= 4 is 39.9 Å². The summed E-state index contributed by atoms with van der Waals surface area (Å²) in [5.74, 6) is 0.770. The van der Waals surface area contributed by atoms with Gasteiger partial charge in [-0.25, -0.2) is 0 Å². The van der Waals surface area contributed by atoms with E-state index >= 15 is 0 Å². The third-order valence-corrected chi connectivity index (χ3v) is 6.27. The second-order valence-corrected chi connectivity index (χ2v) is 10.2. The Hall–Kier alpha value is -3.71. The van der Waals surface area contributed by atoms with E-state index in [1.807, 2.05) is 6.08 Å². The number of ether oxygens (including phenoxy) is 2. The van der Waals surface area contributed by atoms with Gasteiger partial charge >= 0.3 is 0 Å². The Morgan fingerprint density at radius 2 is 1.86 bits per heavy atom. The topological polar surface area (TPSA) is 104 Å². The van der Waals surface area contributed by atoms with Gasteiger partial charge in [0.05, 0.1) is 24.7 Å². The molecule has 0 aliphatic carbocycles. The van der Waals surface area contributed by atoms with E-state index in [1.54, 1.807) is 42.6 Å². The molecule has 2 heterocycles. The number of allylic oxidation sites excluding steroid dienone is 1. The number of nitrogens with zero attached hydrogens (tertiary/aromatic N) is 2. The number of ketones is 1. The lowest BCUT2D eigenvalue weighted by Crippen LogP contribution is -2.16. The molecule has 1 aromatic heterocycles. The lowest BCUT2D eigenvalue weighted by Gasteiger charge is -2.16. The van der Waals surface area contributed by atoms with Crippen molar-refractivity contribution < 1.29 is 19.1 Å². The van der Waals surface area contributed by atoms with Crippen molar-refractivity contribution in [1.29, 1.82) is 0 Å². The number of halogens is 1. The number of pyridine rings is 1. The van der Waals surface area contributed by atoms with Crippen molar-refractivity contribution in [2.24, 2.45) is 16.1 Å². The van der Waals surface area contributed by atoms with Crippen molar-refractivity contribution in [3.8, 4) is 17.2 Å². The van der Waals surface area contributed by atoms with Gasteiger partial charge in [0.2, 0.25) is 0 Å². The van der Waals surface area contributed by atoms with Gasteiger partial charge in [-0.05, 0) is 41.5 Å². The van der Waals surface area contributed by atoms with Gasteiger partial charge in [-0.2, -0.15) is 0 Å². The Morgan fingerprint density at radius 3 is 2.50 bits per heavy atom. The van der Waals surface area contributed by atoms with Crippen LogP contribution in [0.15, 0.2) is 59.2 Å². The van der Waals surface area contributed by atoms with Crippen LogP contribution < -0.4 is 15.2 Å². The summed E-state index contributed by atoms with van der Waals surface area (Å²) in [7, 11) is 1.46. The molecule has 4 rings (SSSR count). The number of aromatic nitrogens is 1. The summed E-state index contributed by atoms with van der Waals surface area (Å²) in [6, 6.07) is 10.1. The molecule has 2 aromatic carbocycles. The number of benzene rings is 2. The highest BCUT2D eigenvalue weighted by Gasteiger charge is 2.22. The summed E-state index contributed by atoms with van der Waals surface area (Å²) in [6.45, 7) is 6.90. The SMILES string of the molecule is COc1cc2nccc(Oc3ccc(CC(=O)CC4=CC(C(C)(C)C)=NC4)c(Cl)c3)c2cc1C(N)=O. The molecule has 0 bridgehead atoms. The number of nitrogens with two attached hydrogens (primary N) is 1. The molecule has 8 heteroatoms. The van der Waals surface area contributed by atoms with Crippen LogP contribution in [0.2, 0.25) is 5.02 Å². The first-order chi connectivity index (χ1) is 17.0. The summed E-state index contributed by atoms with van der Waals surface area (Å²) in [6.07, 6.45) is 4.21. The Bertz CT molecular complexity index is 1420. The van der Waals surface area contributed by atoms with Crippen molar-refractivity contribution in [3.63, 3.8) is 0 Å². The van der Waals surface area contributed by atoms with E-state index in [0.29, 0.717) is 46.1 Å². The molecule has 0 fully saturated rings. The Labute approximate surface area is 215 Å². The number of hydrogen-bond donors (Lipinski definition) is 1. The van der Waals surface area contributed by atoms with Gasteiger partial charge < -0.3 is 15.2 Å². The second kappa shape index (κ2) is 10.1. The van der Waals surface area contributed by atoms with Crippen molar-refractivity contribution in [2.75, 3.05) is 13.7 Å². The Balaban J connectivity index is 1.49. The fourth-order valence-corrected chi connectivity index (χ4v) is 4.26. The molecule has 36 heavy (non-hydrogen) atoms. The molecule has 0 radical (unpaired) electrons. The standard InChI is InChI=1S/C28H28ClN3O4/c1-28(2,3)26-10-16(15-32-26)9-18(33)11-17-5-6-19(12-22(17)29)36-24-7-8-31-23-14-25(35-4)21(27(30)34)13-20(23)24/h5-8,10,12-14H,9,11,15H2,1-4H3,(H2,30,34). The van der Waals surface area contributed by atoms with E-state index in [1.165, 1.54) is 7.11 Å². The predicted octanol–water partition coefficient (Wildman–Crippen LogP) is 5.72. The zero-order valence-electron chi connectivity index (χ0n) is 20.7. The van der Waals surface area contributed by atoms with Crippen LogP contribution in [-0.2, 0) is 11.2 Å². The quantitative estimate of drug-likeness (QED) is 0.422. The Morgan fingerprint density at radius 1 is 1.08 bits per heavy atom. The van der Waals surface area contributed by atoms with Crippen LogP contribution in [0.3, 0.4) is 0 Å². The molecule has 1 aliphatic heterocycles. The molecule has 1 amide bonds. The third-order valence-electron chi connectivity index (χ3n) is 5.91. The van der Waals surface area contributed by atoms with Crippen LogP contribution >= 0.6 is 11.6 Å². The smallest absolute Gasteiger partial charge is 0.252 e. The summed E-state index contributed by atoms with van der Waals surface area (Å²) < 4.78 is 11.3. The van der Waals surface area contributed by atoms with E-state index in [9.17, 15) is 9.59 Å². The van der Waals surface area contributed by atoms with E-state index in [0.717, 1.165) is 16.8 Å². The van der Waals surface area contributed by atoms with Gasteiger partial charge in [0.1, 0.15) is 23.0 Å². The Kier molecular flexibility index (Phi) is 7.13. The molecule has 1 aliphatic rings. The zero-order valence-corrected chi connectivity index (χ0v) is 21.5. The number of methoxy groups -OCH3 is 1. The van der Waals surface area contributed by atoms with Crippen LogP contribution in [0.5, 0.6) is 17.2 Å². The molecule has 0 saturated carbocycles. The van der Waals surface area contributed by atoms with E-state index < -0.39 is 5.91 Å².